The van der Waals surface area contributed by atoms with Gasteiger partial charge in [-0.2, -0.15) is 28.8 Å². The van der Waals surface area contributed by atoms with Crippen molar-refractivity contribution >= 4 is 34.9 Å². The van der Waals surface area contributed by atoms with Crippen LogP contribution in [0.15, 0.2) is 18.2 Å². The second kappa shape index (κ2) is 6.08. The fraction of sp³-hybridized carbons (Fsp3) is 0.417. The summed E-state index contributed by atoms with van der Waals surface area (Å²) in [5, 5.41) is 12.9. The van der Waals surface area contributed by atoms with E-state index in [1.165, 1.54) is 17.3 Å². The maximum atomic E-state index is 8.89. The summed E-state index contributed by atoms with van der Waals surface area (Å²) in [4.78, 5) is 0. The van der Waals surface area contributed by atoms with E-state index in [9.17, 15) is 0 Å². The number of nitrogens with one attached hydrogen (secondary N) is 1. The van der Waals surface area contributed by atoms with Gasteiger partial charge in [-0.1, -0.05) is 0 Å². The third-order valence-electron chi connectivity index (χ3n) is 2.59. The second-order valence-electron chi connectivity index (χ2n) is 3.86. The second-order valence-corrected chi connectivity index (χ2v) is 6.42. The first-order chi connectivity index (χ1) is 8.29. The summed E-state index contributed by atoms with van der Waals surface area (Å²) < 4.78 is 0. The van der Waals surface area contributed by atoms with Gasteiger partial charge in [-0.15, -0.1) is 0 Å². The third-order valence-corrected chi connectivity index (χ3v) is 5.44. The minimum Gasteiger partial charge on any atom is -0.398 e. The van der Waals surface area contributed by atoms with Crippen LogP contribution in [-0.4, -0.2) is 29.1 Å². The molecule has 3 nitrogen and oxygen atoms in total. The summed E-state index contributed by atoms with van der Waals surface area (Å²) in [5.41, 5.74) is 7.74. The molecule has 1 aromatic rings. The van der Waals surface area contributed by atoms with E-state index in [0.717, 1.165) is 12.2 Å². The van der Waals surface area contributed by atoms with Gasteiger partial charge in [0.15, 0.2) is 0 Å². The van der Waals surface area contributed by atoms with Crippen molar-refractivity contribution in [2.45, 2.75) is 5.25 Å². The quantitative estimate of drug-likeness (QED) is 0.822. The molecule has 1 aliphatic heterocycles. The van der Waals surface area contributed by atoms with Crippen molar-refractivity contribution in [1.29, 1.82) is 5.26 Å². The lowest BCUT2D eigenvalue weighted by Crippen LogP contribution is -2.23. The molecule has 1 fully saturated rings. The van der Waals surface area contributed by atoms with Gasteiger partial charge >= 0.3 is 0 Å². The Balaban J connectivity index is 1.92. The van der Waals surface area contributed by atoms with E-state index in [1.54, 1.807) is 6.07 Å². The van der Waals surface area contributed by atoms with E-state index in [0.29, 0.717) is 16.5 Å². The first-order valence-corrected chi connectivity index (χ1v) is 7.73. The van der Waals surface area contributed by atoms with E-state index < -0.39 is 0 Å². The molecule has 1 unspecified atom stereocenters. The van der Waals surface area contributed by atoms with Crippen LogP contribution < -0.4 is 11.1 Å². The van der Waals surface area contributed by atoms with Crippen LogP contribution in [0.25, 0.3) is 0 Å². The van der Waals surface area contributed by atoms with Crippen LogP contribution in [-0.2, 0) is 0 Å². The Morgan fingerprint density at radius 1 is 1.47 bits per heavy atom. The van der Waals surface area contributed by atoms with Gasteiger partial charge in [0, 0.05) is 40.4 Å². The van der Waals surface area contributed by atoms with Crippen molar-refractivity contribution in [3.8, 4) is 6.07 Å². The molecule has 0 bridgehead atoms. The molecule has 0 saturated carbocycles. The molecular formula is C12H15N3S2. The molecule has 0 aromatic heterocycles. The zero-order chi connectivity index (χ0) is 12.1. The van der Waals surface area contributed by atoms with Crippen LogP contribution in [0.5, 0.6) is 0 Å². The lowest BCUT2D eigenvalue weighted by atomic mass is 10.2. The number of thioether (sulfide) groups is 2. The number of rotatable bonds is 3. The maximum Gasteiger partial charge on any atom is 0.101 e. The molecule has 90 valence electrons. The molecule has 0 aliphatic carbocycles. The molecule has 0 radical (unpaired) electrons. The Bertz CT molecular complexity index is 422. The van der Waals surface area contributed by atoms with E-state index >= 15 is 0 Å². The highest BCUT2D eigenvalue weighted by Crippen LogP contribution is 2.24. The summed E-state index contributed by atoms with van der Waals surface area (Å²) >= 11 is 4.04. The normalized spacial score (nSPS) is 19.6. The monoisotopic (exact) mass is 265 g/mol. The number of benzene rings is 1. The minimum absolute atomic E-state index is 0.542. The zero-order valence-electron chi connectivity index (χ0n) is 9.48. The molecule has 3 N–H and O–H groups in total. The predicted molar refractivity (Wildman–Crippen MR) is 77.6 cm³/mol. The molecule has 5 heteroatoms. The van der Waals surface area contributed by atoms with Crippen molar-refractivity contribution in [3.63, 3.8) is 0 Å². The van der Waals surface area contributed by atoms with Crippen molar-refractivity contribution < 1.29 is 0 Å². The van der Waals surface area contributed by atoms with Crippen molar-refractivity contribution in [2.24, 2.45) is 0 Å². The van der Waals surface area contributed by atoms with Gasteiger partial charge in [0.1, 0.15) is 6.07 Å². The standard InChI is InChI=1S/C12H15N3S2/c13-6-9-5-10(1-2-12(9)14)15-7-11-8-16-3-4-17-11/h1-2,5,11,15H,3-4,7-8,14H2. The van der Waals surface area contributed by atoms with Gasteiger partial charge in [0.2, 0.25) is 0 Å². The van der Waals surface area contributed by atoms with E-state index in [2.05, 4.69) is 11.4 Å². The Morgan fingerprint density at radius 3 is 3.06 bits per heavy atom. The number of anilines is 2. The van der Waals surface area contributed by atoms with Crippen LogP contribution in [0, 0.1) is 11.3 Å². The highest BCUT2D eigenvalue weighted by Gasteiger charge is 2.13. The van der Waals surface area contributed by atoms with Crippen LogP contribution in [0.1, 0.15) is 5.56 Å². The van der Waals surface area contributed by atoms with E-state index in [1.807, 2.05) is 35.7 Å². The zero-order valence-corrected chi connectivity index (χ0v) is 11.1. The van der Waals surface area contributed by atoms with Crippen molar-refractivity contribution in [1.82, 2.24) is 0 Å². The largest absolute Gasteiger partial charge is 0.398 e. The highest BCUT2D eigenvalue weighted by atomic mass is 32.2. The molecule has 0 amide bonds. The molecule has 17 heavy (non-hydrogen) atoms. The summed E-state index contributed by atoms with van der Waals surface area (Å²) in [6, 6.07) is 7.62. The van der Waals surface area contributed by atoms with Crippen molar-refractivity contribution in [2.75, 3.05) is 34.9 Å². The molecule has 2 rings (SSSR count). The van der Waals surface area contributed by atoms with Gasteiger partial charge in [-0.05, 0) is 18.2 Å². The van der Waals surface area contributed by atoms with Gasteiger partial charge in [0.05, 0.1) is 5.56 Å². The number of nitrogens with two attached hydrogens (primary N) is 1. The molecular weight excluding hydrogens is 250 g/mol. The maximum absolute atomic E-state index is 8.89. The number of nitrogen functional groups attached to an aromatic ring is 1. The van der Waals surface area contributed by atoms with Gasteiger partial charge in [-0.3, -0.25) is 0 Å². The Morgan fingerprint density at radius 2 is 2.35 bits per heavy atom. The summed E-state index contributed by atoms with van der Waals surface area (Å²) in [5.74, 6) is 3.71. The number of nitriles is 1. The van der Waals surface area contributed by atoms with Crippen molar-refractivity contribution in [3.05, 3.63) is 23.8 Å². The molecule has 1 saturated heterocycles. The third kappa shape index (κ3) is 3.48. The number of hydrogen-bond acceptors (Lipinski definition) is 5. The van der Waals surface area contributed by atoms with Crippen LogP contribution in [0.2, 0.25) is 0 Å². The number of nitrogens with zero attached hydrogens (tertiary/aromatic N) is 1. The fourth-order valence-corrected chi connectivity index (χ4v) is 4.26. The summed E-state index contributed by atoms with van der Waals surface area (Å²) in [6.07, 6.45) is 0. The van der Waals surface area contributed by atoms with Crippen LogP contribution >= 0.6 is 23.5 Å². The Hall–Kier alpha value is -0.990. The smallest absolute Gasteiger partial charge is 0.101 e. The van der Waals surface area contributed by atoms with Gasteiger partial charge in [-0.25, -0.2) is 0 Å². The summed E-state index contributed by atoms with van der Waals surface area (Å²) in [6.45, 7) is 0.951. The fourth-order valence-electron chi connectivity index (χ4n) is 1.65. The van der Waals surface area contributed by atoms with Crippen LogP contribution in [0.4, 0.5) is 11.4 Å². The minimum atomic E-state index is 0.542. The lowest BCUT2D eigenvalue weighted by Gasteiger charge is -2.21. The summed E-state index contributed by atoms with van der Waals surface area (Å²) in [7, 11) is 0. The molecule has 1 heterocycles. The topological polar surface area (TPSA) is 61.8 Å². The first kappa shape index (κ1) is 12.5. The Labute approximate surface area is 110 Å². The Kier molecular flexibility index (Phi) is 4.46. The van der Waals surface area contributed by atoms with Crippen LogP contribution in [0.3, 0.4) is 0 Å². The molecule has 0 spiro atoms. The SMILES string of the molecule is N#Cc1cc(NCC2CSCCS2)ccc1N. The lowest BCUT2D eigenvalue weighted by molar-refractivity contribution is 1.00. The average Bonchev–Trinajstić information content (AvgIpc) is 2.39. The van der Waals surface area contributed by atoms with Gasteiger partial charge in [0.25, 0.3) is 0 Å². The van der Waals surface area contributed by atoms with Gasteiger partial charge < -0.3 is 11.1 Å². The number of hydrogen-bond donors (Lipinski definition) is 2. The van der Waals surface area contributed by atoms with E-state index in [-0.39, 0.29) is 0 Å². The molecule has 1 aromatic carbocycles. The van der Waals surface area contributed by atoms with E-state index in [4.69, 9.17) is 11.0 Å². The average molecular weight is 265 g/mol. The first-order valence-electron chi connectivity index (χ1n) is 5.52. The predicted octanol–water partition coefficient (Wildman–Crippen LogP) is 2.40. The molecule has 1 atom stereocenters. The highest BCUT2D eigenvalue weighted by molar-refractivity contribution is 8.06. The molecule has 1 aliphatic rings.